The van der Waals surface area contributed by atoms with E-state index in [9.17, 15) is 4.79 Å². The second-order valence-electron chi connectivity index (χ2n) is 4.93. The molecule has 0 amide bonds. The zero-order chi connectivity index (χ0) is 13.3. The third-order valence-electron chi connectivity index (χ3n) is 3.28. The zero-order valence-electron chi connectivity index (χ0n) is 11.4. The van der Waals surface area contributed by atoms with Crippen LogP contribution in [0.1, 0.15) is 42.9 Å². The Morgan fingerprint density at radius 3 is 2.28 bits per heavy atom. The molecule has 0 aliphatic rings. The van der Waals surface area contributed by atoms with Gasteiger partial charge < -0.3 is 4.57 Å². The van der Waals surface area contributed by atoms with Crippen LogP contribution in [0.3, 0.4) is 0 Å². The van der Waals surface area contributed by atoms with Crippen LogP contribution in [0, 0.1) is 6.92 Å². The van der Waals surface area contributed by atoms with E-state index in [1.165, 1.54) is 0 Å². The number of carbonyl (C=O) groups is 1. The molecule has 2 nitrogen and oxygen atoms in total. The molecule has 18 heavy (non-hydrogen) atoms. The van der Waals surface area contributed by atoms with Crippen molar-refractivity contribution in [1.82, 2.24) is 4.57 Å². The monoisotopic (exact) mass is 241 g/mol. The molecule has 0 saturated carbocycles. The SMILES string of the molecule is CC(=O)c1c(-c2ccccc2)cn(C(C)C)c1C. The molecule has 1 aromatic heterocycles. The number of hydrogen-bond donors (Lipinski definition) is 0. The lowest BCUT2D eigenvalue weighted by atomic mass is 10.0. The lowest BCUT2D eigenvalue weighted by Crippen LogP contribution is -2.03. The third-order valence-corrected chi connectivity index (χ3v) is 3.28. The maximum Gasteiger partial charge on any atom is 0.162 e. The highest BCUT2D eigenvalue weighted by molar-refractivity contribution is 6.02. The van der Waals surface area contributed by atoms with Gasteiger partial charge in [0.1, 0.15) is 0 Å². The standard InChI is InChI=1S/C16H19NO/c1-11(2)17-10-15(14-8-6-5-7-9-14)16(12(17)3)13(4)18/h5-11H,1-4H3. The Morgan fingerprint density at radius 2 is 1.78 bits per heavy atom. The van der Waals surface area contributed by atoms with Crippen LogP contribution in [0.2, 0.25) is 0 Å². The Labute approximate surface area is 108 Å². The predicted molar refractivity (Wildman–Crippen MR) is 75.0 cm³/mol. The fourth-order valence-corrected chi connectivity index (χ4v) is 2.44. The van der Waals surface area contributed by atoms with Crippen LogP contribution in [0.4, 0.5) is 0 Å². The van der Waals surface area contributed by atoms with E-state index in [0.717, 1.165) is 22.4 Å². The zero-order valence-corrected chi connectivity index (χ0v) is 11.4. The fourth-order valence-electron chi connectivity index (χ4n) is 2.44. The Hall–Kier alpha value is -1.83. The summed E-state index contributed by atoms with van der Waals surface area (Å²) in [6.07, 6.45) is 2.09. The van der Waals surface area contributed by atoms with Gasteiger partial charge in [0.15, 0.2) is 5.78 Å². The number of rotatable bonds is 3. The molecule has 0 fully saturated rings. The van der Waals surface area contributed by atoms with E-state index >= 15 is 0 Å². The van der Waals surface area contributed by atoms with Crippen LogP contribution in [-0.2, 0) is 0 Å². The maximum absolute atomic E-state index is 11.9. The van der Waals surface area contributed by atoms with Gasteiger partial charge in [0.2, 0.25) is 0 Å². The Balaban J connectivity index is 2.67. The molecule has 1 aromatic carbocycles. The number of nitrogens with zero attached hydrogens (tertiary/aromatic N) is 1. The highest BCUT2D eigenvalue weighted by atomic mass is 16.1. The first-order valence-corrected chi connectivity index (χ1v) is 6.30. The second kappa shape index (κ2) is 4.81. The quantitative estimate of drug-likeness (QED) is 0.736. The van der Waals surface area contributed by atoms with Crippen molar-refractivity contribution in [2.75, 3.05) is 0 Å². The molecular formula is C16H19NO. The summed E-state index contributed by atoms with van der Waals surface area (Å²) in [5.41, 5.74) is 4.03. The van der Waals surface area contributed by atoms with E-state index in [1.807, 2.05) is 37.3 Å². The van der Waals surface area contributed by atoms with Crippen LogP contribution < -0.4 is 0 Å². The first-order valence-electron chi connectivity index (χ1n) is 6.30. The number of aromatic nitrogens is 1. The summed E-state index contributed by atoms with van der Waals surface area (Å²) in [5.74, 6) is 0.130. The van der Waals surface area contributed by atoms with Crippen molar-refractivity contribution >= 4 is 5.78 Å². The summed E-state index contributed by atoms with van der Waals surface area (Å²) in [4.78, 5) is 11.9. The minimum atomic E-state index is 0.130. The highest BCUT2D eigenvalue weighted by Gasteiger charge is 2.18. The first kappa shape index (κ1) is 12.6. The minimum absolute atomic E-state index is 0.130. The van der Waals surface area contributed by atoms with Gasteiger partial charge in [0, 0.05) is 29.1 Å². The largest absolute Gasteiger partial charge is 0.348 e. The third kappa shape index (κ3) is 2.10. The van der Waals surface area contributed by atoms with Crippen LogP contribution in [-0.4, -0.2) is 10.4 Å². The van der Waals surface area contributed by atoms with E-state index in [1.54, 1.807) is 6.92 Å². The van der Waals surface area contributed by atoms with Gasteiger partial charge in [0.25, 0.3) is 0 Å². The van der Waals surface area contributed by atoms with Gasteiger partial charge in [0.05, 0.1) is 0 Å². The Morgan fingerprint density at radius 1 is 1.17 bits per heavy atom. The van der Waals surface area contributed by atoms with E-state index < -0.39 is 0 Å². The highest BCUT2D eigenvalue weighted by Crippen LogP contribution is 2.30. The number of carbonyl (C=O) groups excluding carboxylic acids is 1. The van der Waals surface area contributed by atoms with Crippen molar-refractivity contribution in [3.05, 3.63) is 47.8 Å². The minimum Gasteiger partial charge on any atom is -0.348 e. The van der Waals surface area contributed by atoms with Gasteiger partial charge in [-0.1, -0.05) is 30.3 Å². The maximum atomic E-state index is 11.9. The molecule has 0 N–H and O–H groups in total. The average molecular weight is 241 g/mol. The molecule has 0 aliphatic heterocycles. The summed E-state index contributed by atoms with van der Waals surface area (Å²) in [6, 6.07) is 10.4. The van der Waals surface area contributed by atoms with Crippen molar-refractivity contribution in [1.29, 1.82) is 0 Å². The second-order valence-corrected chi connectivity index (χ2v) is 4.93. The molecule has 0 atom stereocenters. The topological polar surface area (TPSA) is 22.0 Å². The van der Waals surface area contributed by atoms with E-state index in [4.69, 9.17) is 0 Å². The summed E-state index contributed by atoms with van der Waals surface area (Å²) >= 11 is 0. The number of Topliss-reactive ketones (excluding diaryl/α,β-unsaturated/α-hetero) is 1. The lowest BCUT2D eigenvalue weighted by molar-refractivity contribution is 0.101. The van der Waals surface area contributed by atoms with E-state index in [0.29, 0.717) is 6.04 Å². The van der Waals surface area contributed by atoms with Crippen molar-refractivity contribution in [2.24, 2.45) is 0 Å². The molecule has 2 aromatic rings. The molecule has 0 saturated heterocycles. The van der Waals surface area contributed by atoms with Gasteiger partial charge in [-0.05, 0) is 33.3 Å². The number of ketones is 1. The summed E-state index contributed by atoms with van der Waals surface area (Å²) in [6.45, 7) is 7.92. The van der Waals surface area contributed by atoms with Crippen molar-refractivity contribution in [2.45, 2.75) is 33.7 Å². The van der Waals surface area contributed by atoms with Crippen molar-refractivity contribution in [3.63, 3.8) is 0 Å². The Bertz CT molecular complexity index is 564. The smallest absolute Gasteiger partial charge is 0.162 e. The molecule has 94 valence electrons. The number of benzene rings is 1. The summed E-state index contributed by atoms with van der Waals surface area (Å²) in [5, 5.41) is 0. The van der Waals surface area contributed by atoms with E-state index in [2.05, 4.69) is 24.6 Å². The summed E-state index contributed by atoms with van der Waals surface area (Å²) < 4.78 is 2.17. The van der Waals surface area contributed by atoms with Gasteiger partial charge in [-0.2, -0.15) is 0 Å². The van der Waals surface area contributed by atoms with Crippen LogP contribution in [0.5, 0.6) is 0 Å². The first-order chi connectivity index (χ1) is 8.52. The molecule has 2 rings (SSSR count). The molecule has 0 spiro atoms. The predicted octanol–water partition coefficient (Wildman–Crippen LogP) is 4.25. The van der Waals surface area contributed by atoms with E-state index in [-0.39, 0.29) is 5.78 Å². The van der Waals surface area contributed by atoms with Crippen molar-refractivity contribution < 1.29 is 4.79 Å². The van der Waals surface area contributed by atoms with Crippen molar-refractivity contribution in [3.8, 4) is 11.1 Å². The number of hydrogen-bond acceptors (Lipinski definition) is 1. The lowest BCUT2D eigenvalue weighted by Gasteiger charge is -2.09. The molecular weight excluding hydrogens is 222 g/mol. The van der Waals surface area contributed by atoms with Gasteiger partial charge >= 0.3 is 0 Å². The molecule has 0 radical (unpaired) electrons. The molecule has 0 aliphatic carbocycles. The molecule has 2 heteroatoms. The van der Waals surface area contributed by atoms with Crippen LogP contribution >= 0.6 is 0 Å². The van der Waals surface area contributed by atoms with Crippen LogP contribution in [0.25, 0.3) is 11.1 Å². The normalized spacial score (nSPS) is 10.9. The average Bonchev–Trinajstić information content (AvgIpc) is 2.68. The van der Waals surface area contributed by atoms with Gasteiger partial charge in [-0.25, -0.2) is 0 Å². The van der Waals surface area contributed by atoms with Crippen LogP contribution in [0.15, 0.2) is 36.5 Å². The van der Waals surface area contributed by atoms with Gasteiger partial charge in [-0.3, -0.25) is 4.79 Å². The van der Waals surface area contributed by atoms with Gasteiger partial charge in [-0.15, -0.1) is 0 Å². The molecule has 0 unspecified atom stereocenters. The summed E-state index contributed by atoms with van der Waals surface area (Å²) in [7, 11) is 0. The fraction of sp³-hybridized carbons (Fsp3) is 0.312. The molecule has 1 heterocycles. The Kier molecular flexibility index (Phi) is 3.37. The molecule has 0 bridgehead atoms.